The van der Waals surface area contributed by atoms with E-state index in [-0.39, 0.29) is 30.6 Å². The highest BCUT2D eigenvalue weighted by Gasteiger charge is 2.38. The maximum atomic E-state index is 12.6. The van der Waals surface area contributed by atoms with E-state index in [2.05, 4.69) is 15.4 Å². The Bertz CT molecular complexity index is 735. The Hall–Kier alpha value is -2.41. The van der Waals surface area contributed by atoms with Crippen molar-refractivity contribution in [3.05, 3.63) is 46.7 Å². The number of aromatic nitrogens is 3. The number of rotatable bonds is 5. The van der Waals surface area contributed by atoms with E-state index >= 15 is 0 Å². The lowest BCUT2D eigenvalue weighted by Gasteiger charge is -2.16. The lowest BCUT2D eigenvalue weighted by atomic mass is 9.91. The zero-order chi connectivity index (χ0) is 17.1. The number of nitrogens with one attached hydrogen (secondary N) is 1. The molecule has 1 aromatic heterocycles. The molecule has 0 saturated carbocycles. The second kappa shape index (κ2) is 7.00. The second-order valence-corrected chi connectivity index (χ2v) is 6.33. The highest BCUT2D eigenvalue weighted by Crippen LogP contribution is 2.34. The molecular weight excluding hydrogens is 332 g/mol. The van der Waals surface area contributed by atoms with E-state index in [1.165, 1.54) is 0 Å². The molecule has 8 heteroatoms. The molecule has 0 unspecified atom stereocenters. The molecule has 0 radical (unpaired) electrons. The van der Waals surface area contributed by atoms with Crippen molar-refractivity contribution in [3.8, 4) is 0 Å². The molecule has 1 aliphatic rings. The van der Waals surface area contributed by atoms with Crippen LogP contribution in [0, 0.1) is 5.92 Å². The molecule has 3 rings (SSSR count). The molecule has 1 amide bonds. The van der Waals surface area contributed by atoms with Crippen LogP contribution in [0.2, 0.25) is 5.02 Å². The van der Waals surface area contributed by atoms with E-state index in [0.29, 0.717) is 23.8 Å². The molecule has 2 N–H and O–H groups in total. The monoisotopic (exact) mass is 348 g/mol. The summed E-state index contributed by atoms with van der Waals surface area (Å²) in [7, 11) is 0. The summed E-state index contributed by atoms with van der Waals surface area (Å²) >= 11 is 6.11. The maximum absolute atomic E-state index is 12.6. The summed E-state index contributed by atoms with van der Waals surface area (Å²) in [6.07, 6.45) is 1.78. The predicted molar refractivity (Wildman–Crippen MR) is 86.6 cm³/mol. The Balaban J connectivity index is 1.73. The molecule has 1 fully saturated rings. The lowest BCUT2D eigenvalue weighted by molar-refractivity contribution is -0.138. The highest BCUT2D eigenvalue weighted by molar-refractivity contribution is 6.31. The number of carboxylic acids is 1. The van der Waals surface area contributed by atoms with E-state index in [4.69, 9.17) is 16.7 Å². The number of H-pyrrole nitrogens is 1. The van der Waals surface area contributed by atoms with Gasteiger partial charge in [0, 0.05) is 24.0 Å². The number of carboxylic acid groups (broad SMARTS) is 1. The average molecular weight is 349 g/mol. The fourth-order valence-electron chi connectivity index (χ4n) is 3.15. The van der Waals surface area contributed by atoms with Gasteiger partial charge in [0.05, 0.1) is 24.7 Å². The average Bonchev–Trinajstić information content (AvgIpc) is 3.18. The van der Waals surface area contributed by atoms with E-state index < -0.39 is 5.97 Å². The van der Waals surface area contributed by atoms with Crippen LogP contribution < -0.4 is 0 Å². The van der Waals surface area contributed by atoms with Crippen molar-refractivity contribution < 1.29 is 14.7 Å². The molecule has 126 valence electrons. The fraction of sp³-hybridized carbons (Fsp3) is 0.375. The summed E-state index contributed by atoms with van der Waals surface area (Å²) in [4.78, 5) is 25.4. The zero-order valence-electron chi connectivity index (χ0n) is 12.9. The maximum Gasteiger partial charge on any atom is 0.303 e. The first kappa shape index (κ1) is 16.4. The van der Waals surface area contributed by atoms with Crippen LogP contribution in [0.15, 0.2) is 30.5 Å². The topological polar surface area (TPSA) is 99.2 Å². The number of nitrogens with zero attached hydrogens (tertiary/aromatic N) is 3. The third-order valence-corrected chi connectivity index (χ3v) is 4.71. The van der Waals surface area contributed by atoms with Gasteiger partial charge < -0.3 is 10.0 Å². The fourth-order valence-corrected chi connectivity index (χ4v) is 3.35. The molecule has 1 aliphatic heterocycles. The number of carbonyl (C=O) groups excluding carboxylic acids is 1. The van der Waals surface area contributed by atoms with Crippen molar-refractivity contribution in [2.75, 3.05) is 13.1 Å². The van der Waals surface area contributed by atoms with Crippen molar-refractivity contribution in [2.24, 2.45) is 5.92 Å². The van der Waals surface area contributed by atoms with Crippen LogP contribution in [0.25, 0.3) is 0 Å². The number of hydrogen-bond donors (Lipinski definition) is 2. The van der Waals surface area contributed by atoms with E-state index in [0.717, 1.165) is 5.56 Å². The number of carbonyl (C=O) groups is 2. The third-order valence-electron chi connectivity index (χ3n) is 4.34. The SMILES string of the molecule is O=C(O)C[C@H]1CN(C(=O)Cc2ccccc2Cl)C[C@H]1c1cn[nH]n1. The summed E-state index contributed by atoms with van der Waals surface area (Å²) < 4.78 is 0. The van der Waals surface area contributed by atoms with Gasteiger partial charge in [0.2, 0.25) is 5.91 Å². The number of aliphatic carboxylic acids is 1. The number of aromatic amines is 1. The molecule has 0 aliphatic carbocycles. The Labute approximate surface area is 143 Å². The predicted octanol–water partition coefficient (Wildman–Crippen LogP) is 1.72. The van der Waals surface area contributed by atoms with Crippen LogP contribution in [0.1, 0.15) is 23.6 Å². The lowest BCUT2D eigenvalue weighted by Crippen LogP contribution is -2.30. The third kappa shape index (κ3) is 3.56. The van der Waals surface area contributed by atoms with Gasteiger partial charge in [0.25, 0.3) is 0 Å². The van der Waals surface area contributed by atoms with Crippen molar-refractivity contribution in [3.63, 3.8) is 0 Å². The molecule has 0 bridgehead atoms. The van der Waals surface area contributed by atoms with Gasteiger partial charge in [-0.25, -0.2) is 0 Å². The molecule has 2 aromatic rings. The minimum atomic E-state index is -0.881. The molecule has 1 aromatic carbocycles. The molecule has 7 nitrogen and oxygen atoms in total. The van der Waals surface area contributed by atoms with Crippen molar-refractivity contribution in [1.82, 2.24) is 20.3 Å². The Morgan fingerprint density at radius 2 is 2.12 bits per heavy atom. The van der Waals surface area contributed by atoms with Crippen molar-refractivity contribution in [1.29, 1.82) is 0 Å². The molecule has 2 atom stereocenters. The summed E-state index contributed by atoms with van der Waals surface area (Å²) in [6.45, 7) is 0.834. The summed E-state index contributed by atoms with van der Waals surface area (Å²) in [5.74, 6) is -1.25. The number of benzene rings is 1. The molecule has 24 heavy (non-hydrogen) atoms. The summed E-state index contributed by atoms with van der Waals surface area (Å²) in [5, 5.41) is 20.1. The molecule has 2 heterocycles. The largest absolute Gasteiger partial charge is 0.481 e. The van der Waals surface area contributed by atoms with Gasteiger partial charge in [-0.3, -0.25) is 9.59 Å². The smallest absolute Gasteiger partial charge is 0.303 e. The van der Waals surface area contributed by atoms with Gasteiger partial charge in [-0.1, -0.05) is 29.8 Å². The van der Waals surface area contributed by atoms with Crippen LogP contribution in [-0.2, 0) is 16.0 Å². The Morgan fingerprint density at radius 1 is 1.33 bits per heavy atom. The van der Waals surface area contributed by atoms with Crippen LogP contribution in [0.3, 0.4) is 0 Å². The minimum Gasteiger partial charge on any atom is -0.481 e. The van der Waals surface area contributed by atoms with Crippen LogP contribution in [0.4, 0.5) is 0 Å². The Kier molecular flexibility index (Phi) is 4.80. The molecule has 1 saturated heterocycles. The van der Waals surface area contributed by atoms with Crippen LogP contribution in [-0.4, -0.2) is 50.4 Å². The standard InChI is InChI=1S/C16H17ClN4O3/c17-13-4-2-1-3-10(13)5-15(22)21-8-11(6-16(23)24)12(9-21)14-7-18-20-19-14/h1-4,7,11-12H,5-6,8-9H2,(H,23,24)(H,18,19,20)/t11-,12+/m0/s1. The number of hydrogen-bond acceptors (Lipinski definition) is 4. The zero-order valence-corrected chi connectivity index (χ0v) is 13.6. The van der Waals surface area contributed by atoms with Crippen LogP contribution in [0.5, 0.6) is 0 Å². The summed E-state index contributed by atoms with van der Waals surface area (Å²) in [5.41, 5.74) is 1.46. The number of likely N-dealkylation sites (tertiary alicyclic amines) is 1. The first-order valence-corrected chi connectivity index (χ1v) is 8.01. The van der Waals surface area contributed by atoms with E-state index in [9.17, 15) is 9.59 Å². The van der Waals surface area contributed by atoms with Gasteiger partial charge in [0.15, 0.2) is 0 Å². The quantitative estimate of drug-likeness (QED) is 0.857. The highest BCUT2D eigenvalue weighted by atomic mass is 35.5. The normalized spacial score (nSPS) is 20.3. The molecular formula is C16H17ClN4O3. The van der Waals surface area contributed by atoms with E-state index in [1.54, 1.807) is 17.2 Å². The van der Waals surface area contributed by atoms with Crippen molar-refractivity contribution in [2.45, 2.75) is 18.8 Å². The first-order chi connectivity index (χ1) is 11.5. The van der Waals surface area contributed by atoms with Crippen molar-refractivity contribution >= 4 is 23.5 Å². The second-order valence-electron chi connectivity index (χ2n) is 5.93. The molecule has 0 spiro atoms. The van der Waals surface area contributed by atoms with Gasteiger partial charge in [-0.05, 0) is 17.5 Å². The number of halogens is 1. The van der Waals surface area contributed by atoms with Gasteiger partial charge >= 0.3 is 5.97 Å². The number of amides is 1. The minimum absolute atomic E-state index is 0.00655. The van der Waals surface area contributed by atoms with Gasteiger partial charge in [-0.15, -0.1) is 0 Å². The Morgan fingerprint density at radius 3 is 2.79 bits per heavy atom. The van der Waals surface area contributed by atoms with Crippen LogP contribution >= 0.6 is 11.6 Å². The first-order valence-electron chi connectivity index (χ1n) is 7.63. The van der Waals surface area contributed by atoms with Gasteiger partial charge in [0.1, 0.15) is 0 Å². The van der Waals surface area contributed by atoms with E-state index in [1.807, 2.05) is 18.2 Å². The summed E-state index contributed by atoms with van der Waals surface area (Å²) in [6, 6.07) is 7.22. The van der Waals surface area contributed by atoms with Gasteiger partial charge in [-0.2, -0.15) is 15.4 Å².